The van der Waals surface area contributed by atoms with Gasteiger partial charge in [0.05, 0.1) is 16.8 Å². The van der Waals surface area contributed by atoms with Gasteiger partial charge in [0.2, 0.25) is 0 Å². The molecule has 0 aromatic heterocycles. The zero-order chi connectivity index (χ0) is 21.5. The average Bonchev–Trinajstić information content (AvgIpc) is 2.57. The van der Waals surface area contributed by atoms with Crippen LogP contribution in [0, 0.1) is 0 Å². The van der Waals surface area contributed by atoms with Crippen LogP contribution in [-0.2, 0) is 29.3 Å². The molecule has 1 aliphatic carbocycles. The first-order chi connectivity index (χ1) is 12.8. The van der Waals surface area contributed by atoms with E-state index in [9.17, 15) is 0 Å². The van der Waals surface area contributed by atoms with Crippen LogP contribution in [-0.4, -0.2) is 28.7 Å². The largest absolute Gasteiger partial charge is 0.262 e. The first kappa shape index (κ1) is 25.8. The maximum absolute atomic E-state index is 5.99. The van der Waals surface area contributed by atoms with Gasteiger partial charge in [0.25, 0.3) is 5.79 Å². The van der Waals surface area contributed by atoms with Crippen molar-refractivity contribution in [3.05, 3.63) is 0 Å². The van der Waals surface area contributed by atoms with Gasteiger partial charge in [0.15, 0.2) is 6.10 Å². The molecule has 1 rings (SSSR count). The van der Waals surface area contributed by atoms with Crippen LogP contribution in [0.4, 0.5) is 0 Å². The third kappa shape index (κ3) is 9.06. The summed E-state index contributed by atoms with van der Waals surface area (Å²) in [6, 6.07) is 0. The standard InChI is InChI=1S/C22H44O6/c1-10-15-20(6,7)25-27-22(28-26-21(8,9)16-11-2)17-13-12-14-18(22)23-24-19(3,4)5/h18H,10-17H2,1-9H3. The Bertz CT molecular complexity index is 419. The minimum Gasteiger partial charge on any atom is -0.230 e. The van der Waals surface area contributed by atoms with Crippen LogP contribution < -0.4 is 0 Å². The third-order valence-corrected chi connectivity index (χ3v) is 4.67. The van der Waals surface area contributed by atoms with Crippen LogP contribution in [0.15, 0.2) is 0 Å². The smallest absolute Gasteiger partial charge is 0.230 e. The van der Waals surface area contributed by atoms with Gasteiger partial charge in [-0.15, -0.1) is 0 Å². The molecule has 0 radical (unpaired) electrons. The molecule has 28 heavy (non-hydrogen) atoms. The summed E-state index contributed by atoms with van der Waals surface area (Å²) in [5.41, 5.74) is -1.30. The lowest BCUT2D eigenvalue weighted by Crippen LogP contribution is -2.53. The Labute approximate surface area is 172 Å². The Morgan fingerprint density at radius 3 is 1.68 bits per heavy atom. The predicted octanol–water partition coefficient (Wildman–Crippen LogP) is 6.43. The van der Waals surface area contributed by atoms with Gasteiger partial charge in [0.1, 0.15) is 0 Å². The second kappa shape index (κ2) is 10.7. The Morgan fingerprint density at radius 2 is 1.25 bits per heavy atom. The van der Waals surface area contributed by atoms with Crippen LogP contribution in [0.2, 0.25) is 0 Å². The molecule has 0 amide bonds. The first-order valence-corrected chi connectivity index (χ1v) is 10.9. The molecule has 0 aliphatic heterocycles. The van der Waals surface area contributed by atoms with Crippen molar-refractivity contribution < 1.29 is 29.3 Å². The maximum Gasteiger partial charge on any atom is 0.262 e. The molecule has 1 unspecified atom stereocenters. The van der Waals surface area contributed by atoms with E-state index in [1.54, 1.807) is 0 Å². The van der Waals surface area contributed by atoms with Crippen LogP contribution >= 0.6 is 0 Å². The molecular weight excluding hydrogens is 360 g/mol. The van der Waals surface area contributed by atoms with Gasteiger partial charge in [-0.2, -0.15) is 9.78 Å². The molecule has 6 nitrogen and oxygen atoms in total. The summed E-state index contributed by atoms with van der Waals surface area (Å²) in [5.74, 6) is -1.17. The molecule has 0 saturated heterocycles. The van der Waals surface area contributed by atoms with Crippen molar-refractivity contribution in [1.82, 2.24) is 0 Å². The van der Waals surface area contributed by atoms with E-state index in [0.717, 1.165) is 44.9 Å². The molecule has 1 fully saturated rings. The van der Waals surface area contributed by atoms with Crippen molar-refractivity contribution in [2.45, 2.75) is 142 Å². The number of rotatable bonds is 12. The minimum atomic E-state index is -1.17. The third-order valence-electron chi connectivity index (χ3n) is 4.67. The van der Waals surface area contributed by atoms with E-state index >= 15 is 0 Å². The fraction of sp³-hybridized carbons (Fsp3) is 1.00. The molecule has 1 aliphatic rings. The van der Waals surface area contributed by atoms with Gasteiger partial charge in [-0.3, -0.25) is 0 Å². The van der Waals surface area contributed by atoms with Crippen molar-refractivity contribution >= 4 is 0 Å². The Kier molecular flexibility index (Phi) is 9.85. The summed E-state index contributed by atoms with van der Waals surface area (Å²) in [6.07, 6.45) is 6.57. The highest BCUT2D eigenvalue weighted by molar-refractivity contribution is 4.84. The number of hydrogen-bond acceptors (Lipinski definition) is 6. The fourth-order valence-corrected chi connectivity index (χ4v) is 3.26. The summed E-state index contributed by atoms with van der Waals surface area (Å²) >= 11 is 0. The van der Waals surface area contributed by atoms with Crippen molar-refractivity contribution in [2.75, 3.05) is 0 Å². The van der Waals surface area contributed by atoms with Crippen molar-refractivity contribution in [3.8, 4) is 0 Å². The first-order valence-electron chi connectivity index (χ1n) is 10.9. The summed E-state index contributed by atoms with van der Waals surface area (Å²) in [4.78, 5) is 35.1. The molecule has 168 valence electrons. The Hall–Kier alpha value is -0.240. The zero-order valence-corrected chi connectivity index (χ0v) is 19.7. The van der Waals surface area contributed by atoms with Crippen molar-refractivity contribution in [3.63, 3.8) is 0 Å². The molecule has 6 heteroatoms. The maximum atomic E-state index is 5.99. The van der Waals surface area contributed by atoms with Crippen LogP contribution in [0.5, 0.6) is 0 Å². The van der Waals surface area contributed by atoms with E-state index in [1.165, 1.54) is 0 Å². The molecule has 0 bridgehead atoms. The van der Waals surface area contributed by atoms with E-state index in [0.29, 0.717) is 6.42 Å². The second-order valence-corrected chi connectivity index (χ2v) is 10.2. The summed E-state index contributed by atoms with van der Waals surface area (Å²) < 4.78 is 0. The molecule has 0 spiro atoms. The monoisotopic (exact) mass is 404 g/mol. The SMILES string of the molecule is CCCC(C)(C)OOC1(OOC(C)(C)CCC)CCCCC1OOC(C)(C)C. The summed E-state index contributed by atoms with van der Waals surface area (Å²) in [7, 11) is 0. The normalized spacial score (nSPS) is 21.1. The summed E-state index contributed by atoms with van der Waals surface area (Å²) in [6.45, 7) is 18.1. The molecule has 1 atom stereocenters. The molecule has 0 heterocycles. The summed E-state index contributed by atoms with van der Waals surface area (Å²) in [5, 5.41) is 0. The molecule has 1 saturated carbocycles. The minimum absolute atomic E-state index is 0.434. The van der Waals surface area contributed by atoms with Gasteiger partial charge in [-0.25, -0.2) is 19.6 Å². The van der Waals surface area contributed by atoms with E-state index < -0.39 is 28.7 Å². The number of hydrogen-bond donors (Lipinski definition) is 0. The molecular formula is C22H44O6. The van der Waals surface area contributed by atoms with Gasteiger partial charge >= 0.3 is 0 Å². The van der Waals surface area contributed by atoms with Gasteiger partial charge in [-0.1, -0.05) is 33.1 Å². The van der Waals surface area contributed by atoms with Crippen molar-refractivity contribution in [1.29, 1.82) is 0 Å². The lowest BCUT2D eigenvalue weighted by atomic mass is 9.91. The van der Waals surface area contributed by atoms with Gasteiger partial charge in [-0.05, 0) is 74.1 Å². The highest BCUT2D eigenvalue weighted by atomic mass is 17.3. The molecule has 0 aromatic rings. The van der Waals surface area contributed by atoms with Crippen LogP contribution in [0.3, 0.4) is 0 Å². The molecule has 0 aromatic carbocycles. The molecule has 0 N–H and O–H groups in total. The van der Waals surface area contributed by atoms with E-state index in [4.69, 9.17) is 29.3 Å². The van der Waals surface area contributed by atoms with E-state index in [2.05, 4.69) is 13.8 Å². The lowest BCUT2D eigenvalue weighted by Gasteiger charge is -2.43. The fourth-order valence-electron chi connectivity index (χ4n) is 3.26. The lowest BCUT2D eigenvalue weighted by molar-refractivity contribution is -0.577. The zero-order valence-electron chi connectivity index (χ0n) is 19.7. The quantitative estimate of drug-likeness (QED) is 0.212. The highest BCUT2D eigenvalue weighted by Crippen LogP contribution is 2.39. The van der Waals surface area contributed by atoms with Crippen molar-refractivity contribution in [2.24, 2.45) is 0 Å². The Morgan fingerprint density at radius 1 is 0.750 bits per heavy atom. The van der Waals surface area contributed by atoms with Gasteiger partial charge in [0, 0.05) is 6.42 Å². The predicted molar refractivity (Wildman–Crippen MR) is 109 cm³/mol. The highest BCUT2D eigenvalue weighted by Gasteiger charge is 2.50. The van der Waals surface area contributed by atoms with Crippen LogP contribution in [0.25, 0.3) is 0 Å². The van der Waals surface area contributed by atoms with E-state index in [1.807, 2.05) is 48.5 Å². The average molecular weight is 405 g/mol. The van der Waals surface area contributed by atoms with Crippen LogP contribution in [0.1, 0.15) is 114 Å². The topological polar surface area (TPSA) is 55.4 Å². The second-order valence-electron chi connectivity index (χ2n) is 10.2. The Balaban J connectivity index is 2.98. The van der Waals surface area contributed by atoms with E-state index in [-0.39, 0.29) is 0 Å². The van der Waals surface area contributed by atoms with Gasteiger partial charge < -0.3 is 0 Å².